The van der Waals surface area contributed by atoms with E-state index in [0.717, 1.165) is 11.3 Å². The van der Waals surface area contributed by atoms with Gasteiger partial charge in [-0.1, -0.05) is 61.4 Å². The Kier molecular flexibility index (Phi) is 8.19. The Bertz CT molecular complexity index is 1870. The van der Waals surface area contributed by atoms with Gasteiger partial charge in [0.05, 0.1) is 0 Å². The molecule has 1 aliphatic rings. The molecular formula is C37H28F2IrN2-2. The summed E-state index contributed by atoms with van der Waals surface area (Å²) in [4.78, 5) is 8.42. The first-order valence-electron chi connectivity index (χ1n) is 13.5. The number of nitrogens with zero attached hydrogens (tertiary/aromatic N) is 2. The molecule has 0 saturated carbocycles. The zero-order chi connectivity index (χ0) is 28.7. The molecule has 0 spiro atoms. The van der Waals surface area contributed by atoms with Crippen molar-refractivity contribution >= 4 is 10.8 Å². The quantitative estimate of drug-likeness (QED) is 0.166. The van der Waals surface area contributed by atoms with Crippen molar-refractivity contribution in [1.29, 1.82) is 0 Å². The average molecular weight is 731 g/mol. The smallest absolute Gasteiger partial charge is 0.117 e. The van der Waals surface area contributed by atoms with E-state index in [9.17, 15) is 8.78 Å². The molecule has 0 fully saturated rings. The van der Waals surface area contributed by atoms with Crippen LogP contribution in [0.1, 0.15) is 36.1 Å². The topological polar surface area (TPSA) is 25.8 Å². The van der Waals surface area contributed by atoms with Gasteiger partial charge in [-0.25, -0.2) is 8.78 Å². The van der Waals surface area contributed by atoms with Crippen LogP contribution in [0.2, 0.25) is 0 Å². The largest absolute Gasteiger partial charge is 0.305 e. The Morgan fingerprint density at radius 3 is 2.17 bits per heavy atom. The summed E-state index contributed by atoms with van der Waals surface area (Å²) in [6.45, 7) is 9.08. The van der Waals surface area contributed by atoms with Gasteiger partial charge in [0, 0.05) is 38.3 Å². The van der Waals surface area contributed by atoms with Gasteiger partial charge in [-0.05, 0) is 76.3 Å². The monoisotopic (exact) mass is 731 g/mol. The molecule has 1 aliphatic carbocycles. The zero-order valence-electron chi connectivity index (χ0n) is 23.7. The fourth-order valence-electron chi connectivity index (χ4n) is 5.67. The van der Waals surface area contributed by atoms with E-state index < -0.39 is 5.82 Å². The van der Waals surface area contributed by atoms with Gasteiger partial charge < -0.3 is 9.97 Å². The van der Waals surface area contributed by atoms with Crippen molar-refractivity contribution in [3.8, 4) is 33.6 Å². The van der Waals surface area contributed by atoms with Crippen molar-refractivity contribution in [3.63, 3.8) is 0 Å². The van der Waals surface area contributed by atoms with Crippen LogP contribution in [0.3, 0.4) is 0 Å². The summed E-state index contributed by atoms with van der Waals surface area (Å²) >= 11 is 0. The van der Waals surface area contributed by atoms with Crippen LogP contribution in [0.15, 0.2) is 97.3 Å². The molecule has 0 aliphatic heterocycles. The minimum atomic E-state index is -0.396. The molecule has 0 N–H and O–H groups in total. The molecule has 4 aromatic carbocycles. The van der Waals surface area contributed by atoms with Crippen molar-refractivity contribution < 1.29 is 28.9 Å². The van der Waals surface area contributed by atoms with E-state index in [1.807, 2.05) is 18.3 Å². The van der Waals surface area contributed by atoms with Crippen molar-refractivity contribution in [2.75, 3.05) is 0 Å². The Hall–Kier alpha value is -4.05. The molecule has 0 atom stereocenters. The van der Waals surface area contributed by atoms with Crippen LogP contribution in [0.4, 0.5) is 8.78 Å². The second-order valence-electron chi connectivity index (χ2n) is 10.9. The number of rotatable bonds is 2. The number of benzene rings is 4. The molecule has 1 radical (unpaired) electrons. The fraction of sp³-hybridized carbons (Fsp3) is 0.135. The van der Waals surface area contributed by atoms with Gasteiger partial charge in [-0.15, -0.1) is 59.2 Å². The van der Waals surface area contributed by atoms with Crippen LogP contribution in [0, 0.1) is 37.6 Å². The standard InChI is InChI=1S/C26H22N.C11H6F2N.Ir/c1-16-13-18-8-11-21-20-10-9-19(24-7-5-6-12-27-24)15-23(20)26(3,4)25(21)22(18)14-17(16)2;12-9-3-1-2-8(6-9)11-7-10(13)4-5-14-11;/h5-8,10-15H,1-4H3;1,3-7H;/q2*-1;. The number of halogens is 2. The number of fused-ring (bicyclic) bond motifs is 5. The van der Waals surface area contributed by atoms with E-state index in [-0.39, 0.29) is 31.3 Å². The second-order valence-corrected chi connectivity index (χ2v) is 10.9. The number of hydrogen-bond donors (Lipinski definition) is 0. The molecule has 2 nitrogen and oxygen atoms in total. The zero-order valence-corrected chi connectivity index (χ0v) is 26.1. The van der Waals surface area contributed by atoms with Crippen molar-refractivity contribution in [2.24, 2.45) is 0 Å². The fourth-order valence-corrected chi connectivity index (χ4v) is 5.67. The van der Waals surface area contributed by atoms with E-state index in [4.69, 9.17) is 0 Å². The number of aromatic nitrogens is 2. The normalized spacial score (nSPS) is 12.5. The molecule has 211 valence electrons. The molecule has 6 aromatic rings. The number of hydrogen-bond acceptors (Lipinski definition) is 2. The predicted octanol–water partition coefficient (Wildman–Crippen LogP) is 9.45. The molecule has 0 amide bonds. The first kappa shape index (κ1) is 29.4. The van der Waals surface area contributed by atoms with E-state index >= 15 is 0 Å². The molecule has 7 rings (SSSR count). The van der Waals surface area contributed by atoms with E-state index in [2.05, 4.69) is 92.3 Å². The van der Waals surface area contributed by atoms with Crippen LogP contribution in [-0.2, 0) is 25.5 Å². The van der Waals surface area contributed by atoms with Crippen LogP contribution in [0.5, 0.6) is 0 Å². The molecule has 2 heterocycles. The maximum Gasteiger partial charge on any atom is 0.117 e. The average Bonchev–Trinajstić information content (AvgIpc) is 3.21. The van der Waals surface area contributed by atoms with Crippen LogP contribution < -0.4 is 0 Å². The molecule has 0 unspecified atom stereocenters. The third kappa shape index (κ3) is 5.43. The van der Waals surface area contributed by atoms with Crippen molar-refractivity contribution in [3.05, 3.63) is 143 Å². The van der Waals surface area contributed by atoms with Crippen LogP contribution in [0.25, 0.3) is 44.4 Å². The predicted molar refractivity (Wildman–Crippen MR) is 161 cm³/mol. The summed E-state index contributed by atoms with van der Waals surface area (Å²) < 4.78 is 25.6. The third-order valence-corrected chi connectivity index (χ3v) is 7.88. The van der Waals surface area contributed by atoms with E-state index in [0.29, 0.717) is 11.3 Å². The number of pyridine rings is 2. The van der Waals surface area contributed by atoms with Gasteiger partial charge in [0.1, 0.15) is 5.82 Å². The summed E-state index contributed by atoms with van der Waals surface area (Å²) in [7, 11) is 0. The Morgan fingerprint density at radius 1 is 0.690 bits per heavy atom. The first-order chi connectivity index (χ1) is 19.7. The van der Waals surface area contributed by atoms with Gasteiger partial charge in [0.15, 0.2) is 0 Å². The summed E-state index contributed by atoms with van der Waals surface area (Å²) in [5.41, 5.74) is 11.0. The van der Waals surface area contributed by atoms with Crippen LogP contribution in [-0.4, -0.2) is 9.97 Å². The van der Waals surface area contributed by atoms with Crippen molar-refractivity contribution in [1.82, 2.24) is 9.97 Å². The second kappa shape index (κ2) is 11.7. The molecule has 2 aromatic heterocycles. The minimum Gasteiger partial charge on any atom is -0.305 e. The molecular weight excluding hydrogens is 703 g/mol. The van der Waals surface area contributed by atoms with Gasteiger partial charge in [0.25, 0.3) is 0 Å². The van der Waals surface area contributed by atoms with E-state index in [1.165, 1.54) is 80.7 Å². The summed E-state index contributed by atoms with van der Waals surface area (Å²) in [5, 5.41) is 2.70. The van der Waals surface area contributed by atoms with Gasteiger partial charge in [0.2, 0.25) is 0 Å². The Balaban J connectivity index is 0.000000200. The summed E-state index contributed by atoms with van der Waals surface area (Å²) in [6.07, 6.45) is 3.18. The Morgan fingerprint density at radius 2 is 1.43 bits per heavy atom. The third-order valence-electron chi connectivity index (χ3n) is 7.88. The van der Waals surface area contributed by atoms with Gasteiger partial charge >= 0.3 is 0 Å². The maximum atomic E-state index is 12.8. The molecule has 5 heteroatoms. The first-order valence-corrected chi connectivity index (χ1v) is 13.5. The summed E-state index contributed by atoms with van der Waals surface area (Å²) in [6, 6.07) is 32.4. The van der Waals surface area contributed by atoms with Gasteiger partial charge in [-0.2, -0.15) is 0 Å². The SMILES string of the molecule is Cc1cc2ccc3c(c2cc1C)C(C)(C)c1cc(-c2ccccn2)[c-]cc1-3.Fc1cc[c-]c(-c2cc(F)ccn2)c1.[Ir]. The maximum absolute atomic E-state index is 12.8. The van der Waals surface area contributed by atoms with Gasteiger partial charge in [-0.3, -0.25) is 0 Å². The molecule has 0 bridgehead atoms. The molecule has 42 heavy (non-hydrogen) atoms. The van der Waals surface area contributed by atoms with E-state index in [1.54, 1.807) is 0 Å². The summed E-state index contributed by atoms with van der Waals surface area (Å²) in [5.74, 6) is -0.780. The Labute approximate surface area is 258 Å². The minimum absolute atomic E-state index is 0. The number of aryl methyl sites for hydroxylation is 2. The van der Waals surface area contributed by atoms with Crippen molar-refractivity contribution in [2.45, 2.75) is 33.1 Å². The van der Waals surface area contributed by atoms with Crippen LogP contribution >= 0.6 is 0 Å². The molecule has 0 saturated heterocycles.